The molecule has 0 saturated heterocycles. The maximum atomic E-state index is 5.50. The first-order chi connectivity index (χ1) is 43.7. The van der Waals surface area contributed by atoms with Crippen LogP contribution in [-0.2, 0) is 1370 Å². The van der Waals surface area contributed by atoms with Crippen molar-refractivity contribution < 1.29 is 1370 Å². The second kappa shape index (κ2) is 300. The maximum Gasteiger partial charge on any atom is 0.128 e. The largest absolute Gasteiger partial charge is 0.341 e. The molecule has 6 aromatic heterocycles. The number of allylic oxidation sites excluding steroid dienone is 1. The van der Waals surface area contributed by atoms with Crippen molar-refractivity contribution in [3.63, 3.8) is 0 Å². The Morgan fingerprint density at radius 1 is 0.265 bits per heavy atom. The summed E-state index contributed by atoms with van der Waals surface area (Å²) in [5, 5.41) is 1.10. The second-order valence-electron chi connectivity index (χ2n) is 15.8. The summed E-state index contributed by atoms with van der Waals surface area (Å²) in [4.78, 5) is 40.9. The van der Waals surface area contributed by atoms with E-state index in [1.165, 1.54) is 29.3 Å². The Morgan fingerprint density at radius 3 is 0.833 bits per heavy atom. The zero-order valence-corrected chi connectivity index (χ0v) is 205. The van der Waals surface area contributed by atoms with Crippen molar-refractivity contribution in [2.75, 3.05) is 21.1 Å². The van der Waals surface area contributed by atoms with Gasteiger partial charge in [-0.05, 0) is 116 Å². The average Bonchev–Trinajstić information content (AvgIpc) is 0.893. The first kappa shape index (κ1) is 337. The molecule has 0 amide bonds. The number of benzene rings is 4. The molecule has 0 aliphatic rings. The van der Waals surface area contributed by atoms with Gasteiger partial charge in [-0.3, -0.25) is 15.0 Å². The standard InChI is InChI=1S/C13H10.C9H8N2.C9H8.3C6H7N.C5H6N2.C4H5N3.C3H9N.9C2H6.42Y/c1-11-7-5-6-10-13(11)12-8-3-2-4-9-12;1-7-10-6-8-4-2-3-5-9(8)11-7;1-8(2)9-6-4-3-5-7-9;1-6-2-4-7-5-3-6;1-6-3-2-4-7-5-6;1-6-4-2-3-5-7-6;1-5-6-3-2-4-7-5;1-4-6-2-5-3-7-4;1-4(2)3;9*1-2;;;;;;;;;;;;;;;;;;;;;;;;;;;;;;;;;;;;;;;;;;/h2-8H,1H3;2-6H,1H3;1,3-6H,2H3;3*2-5H,1H3;2-4H,1H3;2-3H,1H3;1-3H3;9*1-2H3;;;;;;;;;;;;;;;;;;;;;;;;;;;;;;;;;;;;;;;;;;/q-2;;-2;;;;;;;;;;;;;;;;;;;;;;;;;;;;;;;;;;;;;;;;;;;;;;;;;;;;;;;;;. The van der Waals surface area contributed by atoms with Gasteiger partial charge < -0.3 is 22.6 Å². The third-order valence-electron chi connectivity index (χ3n) is 8.57. The Bertz CT molecular complexity index is 2760. The molecular weight excluding hydrogens is 4840 g/mol. The van der Waals surface area contributed by atoms with Gasteiger partial charge in [0.05, 0.1) is 5.52 Å². The number of hydrogen-bond acceptors (Lipinski definition) is 11. The SMILES string of the molecule is CC.CC.CC.CC.CC.CC.CC.CC.CC.CN(C)C.Cc1ccc[c-]c1-c1[c-]cccc1.Cc1ccccn1.Cc1cccnc1.Cc1ccncc1.Cc1ncc2ccccc2n1.Cc1ncccn1.Cc1ncncn1.[CH-]=C(C)c1[c-]cccc1.[Y].[Y].[Y].[Y].[Y].[Y].[Y].[Y].[Y].[Y].[Y].[Y].[Y].[Y].[Y].[Y].[Y].[Y].[Y].[Y].[Y].[Y].[Y].[Y].[Y].[Y].[Y].[Y].[Y].[Y].[Y].[Y].[Y].[Y].[Y].[Y].[Y].[Y].[Y].[Y].[Y].[Y]. The summed E-state index contributed by atoms with van der Waals surface area (Å²) in [6.07, 6.45) is 17.2. The molecule has 42 radical (unpaired) electrons. The number of pyridine rings is 3. The smallest absolute Gasteiger partial charge is 0.128 e. The van der Waals surface area contributed by atoms with Crippen molar-refractivity contribution in [3.05, 3.63) is 272 Å². The van der Waals surface area contributed by atoms with Crippen molar-refractivity contribution in [2.24, 2.45) is 0 Å². The van der Waals surface area contributed by atoms with Crippen LogP contribution in [0.4, 0.5) is 0 Å². The number of rotatable bonds is 2. The quantitative estimate of drug-likeness (QED) is 0.153. The number of hydrogen-bond donors (Lipinski definition) is 0. The molecule has 11 nitrogen and oxygen atoms in total. The van der Waals surface area contributed by atoms with E-state index in [2.05, 4.69) is 87.1 Å². The van der Waals surface area contributed by atoms with Gasteiger partial charge in [0.2, 0.25) is 0 Å². The average molecular weight is 4960 g/mol. The van der Waals surface area contributed by atoms with Crippen LogP contribution in [0.15, 0.2) is 202 Å². The van der Waals surface area contributed by atoms with Gasteiger partial charge in [-0.1, -0.05) is 162 Å². The molecule has 10 rings (SSSR count). The molecule has 6 heterocycles. The van der Waals surface area contributed by atoms with Crippen LogP contribution < -0.4 is 0 Å². The van der Waals surface area contributed by atoms with Crippen LogP contribution >= 0.6 is 0 Å². The van der Waals surface area contributed by atoms with Gasteiger partial charge in [0, 0.05) is 1430 Å². The van der Waals surface area contributed by atoms with Crippen LogP contribution in [-0.4, -0.2) is 75.9 Å². The van der Waals surface area contributed by atoms with Crippen molar-refractivity contribution >= 4 is 16.5 Å². The molecule has 0 aliphatic heterocycles. The van der Waals surface area contributed by atoms with E-state index in [1.54, 1.807) is 43.2 Å². The van der Waals surface area contributed by atoms with E-state index >= 15 is 0 Å². The summed E-state index contributed by atoms with van der Waals surface area (Å²) < 4.78 is 0. The molecule has 0 atom stereocenters. The van der Waals surface area contributed by atoms with E-state index in [0.717, 1.165) is 56.3 Å². The minimum atomic E-state index is 0. The van der Waals surface area contributed by atoms with E-state index in [-0.39, 0.29) is 1370 Å². The predicted octanol–water partition coefficient (Wildman–Crippen LogP) is 22.0. The summed E-state index contributed by atoms with van der Waals surface area (Å²) >= 11 is 0. The van der Waals surface area contributed by atoms with Gasteiger partial charge >= 0.3 is 0 Å². The van der Waals surface area contributed by atoms with Gasteiger partial charge in [-0.15, -0.1) is 25.1 Å². The predicted molar refractivity (Wildman–Crippen MR) is 397 cm³/mol. The van der Waals surface area contributed by atoms with Crippen LogP contribution in [0, 0.1) is 73.2 Å². The van der Waals surface area contributed by atoms with E-state index in [4.69, 9.17) is 6.58 Å². The summed E-state index contributed by atoms with van der Waals surface area (Å²) in [6, 6.07) is 54.6. The second-order valence-corrected chi connectivity index (χ2v) is 15.8. The monoisotopic (exact) mass is 4960 g/mol. The van der Waals surface area contributed by atoms with E-state index < -0.39 is 0 Å². The fraction of sp³-hybridized carbons (Fsp3) is 0.367. The topological polar surface area (TPSA) is 132 Å². The van der Waals surface area contributed by atoms with Gasteiger partial charge in [-0.25, -0.2) is 58.1 Å². The summed E-state index contributed by atoms with van der Waals surface area (Å²) in [5.41, 5.74) is 9.85. The minimum absolute atomic E-state index is 0. The number of aryl methyl sites for hydroxylation is 7. The fourth-order valence-electron chi connectivity index (χ4n) is 5.06. The van der Waals surface area contributed by atoms with Gasteiger partial charge in [0.25, 0.3) is 0 Å². The Morgan fingerprint density at radius 2 is 0.598 bits per heavy atom. The molecule has 53 heteroatoms. The van der Waals surface area contributed by atoms with Gasteiger partial charge in [0.15, 0.2) is 0 Å². The van der Waals surface area contributed by atoms with Crippen molar-refractivity contribution in [3.8, 4) is 11.1 Å². The molecule has 0 spiro atoms. The molecule has 0 N–H and O–H groups in total. The molecule has 0 unspecified atom stereocenters. The van der Waals surface area contributed by atoms with Crippen LogP contribution in [0.5, 0.6) is 0 Å². The molecule has 10 aromatic rings. The maximum absolute atomic E-state index is 5.50. The van der Waals surface area contributed by atoms with Crippen molar-refractivity contribution in [1.82, 2.24) is 54.7 Å². The molecule has 622 valence electrons. The van der Waals surface area contributed by atoms with Gasteiger partial charge in [-0.2, -0.15) is 60.2 Å². The Labute approximate surface area is 1870 Å². The van der Waals surface area contributed by atoms with Crippen LogP contribution in [0.2, 0.25) is 0 Å². The Kier molecular flexibility index (Phi) is 767. The normalized spacial score (nSPS) is 5.44. The third-order valence-corrected chi connectivity index (χ3v) is 8.57. The zero-order chi connectivity index (χ0) is 70.6. The minimum Gasteiger partial charge on any atom is -0.341 e. The first-order valence-corrected chi connectivity index (χ1v) is 32.0. The van der Waals surface area contributed by atoms with Gasteiger partial charge in [0.1, 0.15) is 30.1 Å². The number of fused-ring (bicyclic) bond motifs is 1. The molecule has 0 fully saturated rings. The van der Waals surface area contributed by atoms with Crippen LogP contribution in [0.1, 0.15) is 177 Å². The summed E-state index contributed by atoms with van der Waals surface area (Å²) in [7, 11) is 6.00. The molecule has 0 aliphatic carbocycles. The van der Waals surface area contributed by atoms with Crippen molar-refractivity contribution in [2.45, 2.75) is 180 Å². The fourth-order valence-corrected chi connectivity index (χ4v) is 5.06. The third kappa shape index (κ3) is 265. The number of aromatic nitrogens is 10. The molecular formula is C79H121N11Y42-4. The van der Waals surface area contributed by atoms with Crippen LogP contribution in [0.25, 0.3) is 27.6 Å². The van der Waals surface area contributed by atoms with Crippen LogP contribution in [0.3, 0.4) is 0 Å². The Balaban J connectivity index is -0.0000000113. The number of nitrogens with zero attached hydrogens (tertiary/aromatic N) is 11. The molecule has 0 bridgehead atoms. The van der Waals surface area contributed by atoms with E-state index in [0.29, 0.717) is 0 Å². The van der Waals surface area contributed by atoms with Crippen molar-refractivity contribution in [1.29, 1.82) is 0 Å². The van der Waals surface area contributed by atoms with E-state index in [9.17, 15) is 0 Å². The van der Waals surface area contributed by atoms with E-state index in [1.807, 2.05) is 333 Å². The molecule has 132 heavy (non-hydrogen) atoms. The zero-order valence-electron chi connectivity index (χ0n) is 85.8. The summed E-state index contributed by atoms with van der Waals surface area (Å²) in [6.45, 7) is 57.1. The molecule has 0 saturated carbocycles. The summed E-state index contributed by atoms with van der Waals surface area (Å²) in [5.74, 6) is 2.40. The first-order valence-electron chi connectivity index (χ1n) is 32.0. The number of para-hydroxylation sites is 1. The Hall–Kier alpha value is 37.8. The molecule has 4 aromatic carbocycles.